The summed E-state index contributed by atoms with van der Waals surface area (Å²) in [5.41, 5.74) is 0.792. The summed E-state index contributed by atoms with van der Waals surface area (Å²) in [7, 11) is 1.60. The molecule has 1 aromatic carbocycles. The molecule has 90 valence electrons. The molecule has 0 aliphatic heterocycles. The number of methoxy groups -OCH3 is 1. The Morgan fingerprint density at radius 3 is 2.25 bits per heavy atom. The van der Waals surface area contributed by atoms with Crippen LogP contribution in [0.25, 0.3) is 0 Å². The molecule has 0 saturated heterocycles. The monoisotopic (exact) mass is 242 g/mol. The second-order valence-electron chi connectivity index (χ2n) is 4.79. The van der Waals surface area contributed by atoms with Gasteiger partial charge in [-0.25, -0.2) is 0 Å². The van der Waals surface area contributed by atoms with Gasteiger partial charge in [0.1, 0.15) is 5.75 Å². The van der Waals surface area contributed by atoms with Crippen molar-refractivity contribution in [3.63, 3.8) is 0 Å². The minimum absolute atomic E-state index is 0.331. The molecule has 0 radical (unpaired) electrons. The van der Waals surface area contributed by atoms with Crippen LogP contribution in [0.4, 0.5) is 0 Å². The van der Waals surface area contributed by atoms with E-state index in [4.69, 9.17) is 16.3 Å². The van der Waals surface area contributed by atoms with Crippen molar-refractivity contribution in [3.05, 3.63) is 28.3 Å². The lowest BCUT2D eigenvalue weighted by Crippen LogP contribution is -2.17. The Morgan fingerprint density at radius 1 is 1.31 bits per heavy atom. The predicted octanol–water partition coefficient (Wildman–Crippen LogP) is 3.70. The molecule has 0 bridgehead atoms. The Kier molecular flexibility index (Phi) is 3.87. The average Bonchev–Trinajstić information content (AvgIpc) is 2.15. The van der Waals surface area contributed by atoms with Crippen LogP contribution in [0, 0.1) is 0 Å². The largest absolute Gasteiger partial charge is 0.496 e. The number of rotatable bonds is 3. The van der Waals surface area contributed by atoms with Crippen molar-refractivity contribution in [1.29, 1.82) is 0 Å². The van der Waals surface area contributed by atoms with Crippen molar-refractivity contribution in [1.82, 2.24) is 0 Å². The minimum Gasteiger partial charge on any atom is -0.496 e. The summed E-state index contributed by atoms with van der Waals surface area (Å²) in [6.07, 6.45) is 0. The molecule has 0 spiro atoms. The first-order valence-electron chi connectivity index (χ1n) is 5.37. The predicted molar refractivity (Wildman–Crippen MR) is 67.3 cm³/mol. The summed E-state index contributed by atoms with van der Waals surface area (Å²) >= 11 is 6.19. The first kappa shape index (κ1) is 13.3. The van der Waals surface area contributed by atoms with E-state index in [1.807, 2.05) is 6.07 Å². The van der Waals surface area contributed by atoms with Crippen LogP contribution in [-0.4, -0.2) is 12.2 Å². The third kappa shape index (κ3) is 2.69. The van der Waals surface area contributed by atoms with Crippen LogP contribution in [-0.2, 0) is 5.60 Å². The van der Waals surface area contributed by atoms with Crippen LogP contribution in [0.3, 0.4) is 0 Å². The number of benzene rings is 1. The van der Waals surface area contributed by atoms with Gasteiger partial charge in [-0.15, -0.1) is 0 Å². The van der Waals surface area contributed by atoms with Gasteiger partial charge in [-0.2, -0.15) is 0 Å². The van der Waals surface area contributed by atoms with Crippen LogP contribution < -0.4 is 4.74 Å². The Labute approximate surface area is 102 Å². The lowest BCUT2D eigenvalue weighted by molar-refractivity contribution is 0.0756. The molecule has 1 aromatic rings. The van der Waals surface area contributed by atoms with Gasteiger partial charge in [0.2, 0.25) is 0 Å². The van der Waals surface area contributed by atoms with E-state index >= 15 is 0 Å². The Hall–Kier alpha value is -0.730. The Morgan fingerprint density at radius 2 is 1.88 bits per heavy atom. The van der Waals surface area contributed by atoms with Gasteiger partial charge in [0.15, 0.2) is 0 Å². The molecule has 1 N–H and O–H groups in total. The zero-order valence-electron chi connectivity index (χ0n) is 10.5. The highest BCUT2D eigenvalue weighted by atomic mass is 35.5. The van der Waals surface area contributed by atoms with Gasteiger partial charge in [0.05, 0.1) is 12.7 Å². The molecule has 0 atom stereocenters. The summed E-state index contributed by atoms with van der Waals surface area (Å²) in [5, 5.41) is 10.7. The zero-order chi connectivity index (χ0) is 12.5. The molecular weight excluding hydrogens is 224 g/mol. The summed E-state index contributed by atoms with van der Waals surface area (Å²) in [5.74, 6) is 1.01. The molecule has 0 saturated carbocycles. The van der Waals surface area contributed by atoms with Gasteiger partial charge in [-0.1, -0.05) is 25.4 Å². The first-order chi connectivity index (χ1) is 7.27. The van der Waals surface area contributed by atoms with Crippen LogP contribution in [0.1, 0.15) is 44.7 Å². The molecule has 0 heterocycles. The molecule has 2 nitrogen and oxygen atoms in total. The average molecular weight is 243 g/mol. The molecule has 0 amide bonds. The van der Waals surface area contributed by atoms with Crippen molar-refractivity contribution in [2.75, 3.05) is 7.11 Å². The smallest absolute Gasteiger partial charge is 0.125 e. The van der Waals surface area contributed by atoms with Crippen molar-refractivity contribution in [2.24, 2.45) is 0 Å². The highest BCUT2D eigenvalue weighted by molar-refractivity contribution is 6.31. The van der Waals surface area contributed by atoms with E-state index in [1.54, 1.807) is 27.0 Å². The third-order valence-electron chi connectivity index (χ3n) is 2.60. The maximum Gasteiger partial charge on any atom is 0.125 e. The molecule has 0 aliphatic rings. The fourth-order valence-corrected chi connectivity index (χ4v) is 2.04. The third-order valence-corrected chi connectivity index (χ3v) is 2.93. The Balaban J connectivity index is 3.38. The van der Waals surface area contributed by atoms with Gasteiger partial charge in [0.25, 0.3) is 0 Å². The minimum atomic E-state index is -0.954. The van der Waals surface area contributed by atoms with Crippen molar-refractivity contribution in [3.8, 4) is 5.75 Å². The fourth-order valence-electron chi connectivity index (χ4n) is 1.66. The number of hydrogen-bond donors (Lipinski definition) is 1. The maximum atomic E-state index is 10.0. The van der Waals surface area contributed by atoms with Crippen LogP contribution in [0.2, 0.25) is 5.02 Å². The van der Waals surface area contributed by atoms with E-state index in [2.05, 4.69) is 13.8 Å². The number of halogens is 1. The van der Waals surface area contributed by atoms with E-state index in [0.717, 1.165) is 5.56 Å². The van der Waals surface area contributed by atoms with Crippen LogP contribution >= 0.6 is 11.6 Å². The number of hydrogen-bond acceptors (Lipinski definition) is 2. The van der Waals surface area contributed by atoms with Gasteiger partial charge >= 0.3 is 0 Å². The Bertz CT molecular complexity index is 378. The number of aliphatic hydroxyl groups is 1. The van der Waals surface area contributed by atoms with E-state index in [1.165, 1.54) is 0 Å². The molecule has 16 heavy (non-hydrogen) atoms. The van der Waals surface area contributed by atoms with Gasteiger partial charge in [-0.05, 0) is 37.5 Å². The van der Waals surface area contributed by atoms with Gasteiger partial charge in [-0.3, -0.25) is 0 Å². The summed E-state index contributed by atoms with van der Waals surface area (Å²) in [6.45, 7) is 7.58. The highest BCUT2D eigenvalue weighted by Crippen LogP contribution is 2.36. The van der Waals surface area contributed by atoms with Crippen molar-refractivity contribution in [2.45, 2.75) is 39.2 Å². The zero-order valence-corrected chi connectivity index (χ0v) is 11.2. The van der Waals surface area contributed by atoms with Crippen molar-refractivity contribution >= 4 is 11.6 Å². The molecule has 0 unspecified atom stereocenters. The lowest BCUT2D eigenvalue weighted by Gasteiger charge is -2.23. The normalized spacial score (nSPS) is 12.0. The van der Waals surface area contributed by atoms with Crippen molar-refractivity contribution < 1.29 is 9.84 Å². The maximum absolute atomic E-state index is 10.0. The second kappa shape index (κ2) is 4.64. The SMILES string of the molecule is COc1cc(C(C)C)c(Cl)cc1C(C)(C)O. The molecule has 1 rings (SSSR count). The second-order valence-corrected chi connectivity index (χ2v) is 5.19. The standard InChI is InChI=1S/C13H19ClO2/c1-8(2)9-6-12(16-5)10(7-11(9)14)13(3,4)15/h6-8,15H,1-5H3. The molecule has 3 heteroatoms. The fraction of sp³-hybridized carbons (Fsp3) is 0.538. The summed E-state index contributed by atoms with van der Waals surface area (Å²) in [4.78, 5) is 0. The van der Waals surface area contributed by atoms with Crippen LogP contribution in [0.5, 0.6) is 5.75 Å². The topological polar surface area (TPSA) is 29.5 Å². The van der Waals surface area contributed by atoms with Gasteiger partial charge in [0, 0.05) is 10.6 Å². The quantitative estimate of drug-likeness (QED) is 0.876. The van der Waals surface area contributed by atoms with E-state index in [9.17, 15) is 5.11 Å². The summed E-state index contributed by atoms with van der Waals surface area (Å²) in [6, 6.07) is 3.69. The lowest BCUT2D eigenvalue weighted by atomic mass is 9.93. The first-order valence-corrected chi connectivity index (χ1v) is 5.75. The highest BCUT2D eigenvalue weighted by Gasteiger charge is 2.23. The summed E-state index contributed by atoms with van der Waals surface area (Å²) < 4.78 is 5.30. The molecule has 0 fully saturated rings. The molecule has 0 aliphatic carbocycles. The molecular formula is C13H19ClO2. The molecule has 0 aromatic heterocycles. The number of ether oxygens (including phenoxy) is 1. The van der Waals surface area contributed by atoms with E-state index in [0.29, 0.717) is 22.3 Å². The van der Waals surface area contributed by atoms with Gasteiger partial charge < -0.3 is 9.84 Å². The van der Waals surface area contributed by atoms with E-state index < -0.39 is 5.60 Å². The van der Waals surface area contributed by atoms with Crippen LogP contribution in [0.15, 0.2) is 12.1 Å². The van der Waals surface area contributed by atoms with E-state index in [-0.39, 0.29) is 0 Å².